The molecule has 30 heavy (non-hydrogen) atoms. The standard InChI is InChI=1S/C23H25N7/c1-2-12-30(13-3-1)23-21-19(8-11-25-23)26-22(27-21)20-17-14-16(4-5-18(17)28-29-20)15-6-9-24-10-7-15/h4-6,8,11,14,24H,1-3,7,9-10,12-13H2,(H,26,27)(H,28,29). The summed E-state index contributed by atoms with van der Waals surface area (Å²) in [5, 5.41) is 12.3. The van der Waals surface area contributed by atoms with Gasteiger partial charge in [-0.1, -0.05) is 12.1 Å². The summed E-state index contributed by atoms with van der Waals surface area (Å²) in [6, 6.07) is 8.54. The number of nitrogens with zero attached hydrogens (tertiary/aromatic N) is 4. The van der Waals surface area contributed by atoms with Gasteiger partial charge in [0.2, 0.25) is 0 Å². The van der Waals surface area contributed by atoms with Crippen LogP contribution in [0.5, 0.6) is 0 Å². The van der Waals surface area contributed by atoms with E-state index in [1.54, 1.807) is 0 Å². The Morgan fingerprint density at radius 1 is 1.00 bits per heavy atom. The van der Waals surface area contributed by atoms with Gasteiger partial charge in [-0.3, -0.25) is 5.10 Å². The topological polar surface area (TPSA) is 85.5 Å². The first-order valence-electron chi connectivity index (χ1n) is 10.8. The van der Waals surface area contributed by atoms with Crippen molar-refractivity contribution in [3.63, 3.8) is 0 Å². The summed E-state index contributed by atoms with van der Waals surface area (Å²) in [6.07, 6.45) is 8.93. The molecule has 4 aromatic rings. The lowest BCUT2D eigenvalue weighted by atomic mass is 9.98. The minimum Gasteiger partial charge on any atom is -0.355 e. The van der Waals surface area contributed by atoms with Crippen LogP contribution in [0.25, 0.3) is 39.0 Å². The summed E-state index contributed by atoms with van der Waals surface area (Å²) in [7, 11) is 0. The van der Waals surface area contributed by atoms with E-state index >= 15 is 0 Å². The molecule has 5 heterocycles. The molecule has 2 aliphatic rings. The maximum Gasteiger partial charge on any atom is 0.159 e. The van der Waals surface area contributed by atoms with Gasteiger partial charge in [0.25, 0.3) is 0 Å². The maximum absolute atomic E-state index is 4.96. The van der Waals surface area contributed by atoms with Crippen LogP contribution in [0.4, 0.5) is 5.82 Å². The average Bonchev–Trinajstić information content (AvgIpc) is 3.43. The minimum absolute atomic E-state index is 0.791. The molecule has 1 fully saturated rings. The van der Waals surface area contributed by atoms with Gasteiger partial charge in [-0.25, -0.2) is 9.97 Å². The third-order valence-electron chi connectivity index (χ3n) is 6.26. The summed E-state index contributed by atoms with van der Waals surface area (Å²) in [6.45, 7) is 4.05. The van der Waals surface area contributed by atoms with Crippen LogP contribution in [0, 0.1) is 0 Å². The second-order valence-corrected chi connectivity index (χ2v) is 8.18. The van der Waals surface area contributed by atoms with Crippen LogP contribution in [0.3, 0.4) is 0 Å². The van der Waals surface area contributed by atoms with Gasteiger partial charge in [0.05, 0.1) is 11.0 Å². The summed E-state index contributed by atoms with van der Waals surface area (Å²) >= 11 is 0. The molecule has 0 radical (unpaired) electrons. The number of piperidine rings is 1. The molecule has 7 heteroatoms. The van der Waals surface area contributed by atoms with Gasteiger partial charge in [0, 0.05) is 31.2 Å². The summed E-state index contributed by atoms with van der Waals surface area (Å²) in [5.74, 6) is 1.77. The van der Waals surface area contributed by atoms with Crippen molar-refractivity contribution in [2.45, 2.75) is 25.7 Å². The van der Waals surface area contributed by atoms with Gasteiger partial charge in [-0.2, -0.15) is 5.10 Å². The molecule has 0 bridgehead atoms. The average molecular weight is 400 g/mol. The van der Waals surface area contributed by atoms with Crippen molar-refractivity contribution < 1.29 is 0 Å². The Morgan fingerprint density at radius 3 is 2.80 bits per heavy atom. The number of pyridine rings is 1. The predicted molar refractivity (Wildman–Crippen MR) is 121 cm³/mol. The molecule has 0 unspecified atom stereocenters. The van der Waals surface area contributed by atoms with E-state index in [0.29, 0.717) is 0 Å². The van der Waals surface area contributed by atoms with Crippen LogP contribution in [-0.2, 0) is 0 Å². The predicted octanol–water partition coefficient (Wildman–Crippen LogP) is 3.87. The van der Waals surface area contributed by atoms with E-state index in [4.69, 9.17) is 4.98 Å². The van der Waals surface area contributed by atoms with E-state index in [1.807, 2.05) is 12.3 Å². The second-order valence-electron chi connectivity index (χ2n) is 8.18. The number of anilines is 1. The van der Waals surface area contributed by atoms with E-state index in [0.717, 1.165) is 71.9 Å². The van der Waals surface area contributed by atoms with Crippen LogP contribution >= 0.6 is 0 Å². The highest BCUT2D eigenvalue weighted by molar-refractivity contribution is 5.96. The Balaban J connectivity index is 1.44. The highest BCUT2D eigenvalue weighted by Crippen LogP contribution is 2.32. The van der Waals surface area contributed by atoms with Crippen LogP contribution in [-0.4, -0.2) is 51.3 Å². The molecule has 0 atom stereocenters. The zero-order valence-electron chi connectivity index (χ0n) is 16.9. The number of H-pyrrole nitrogens is 2. The van der Waals surface area contributed by atoms with Gasteiger partial charge in [-0.05, 0) is 61.6 Å². The van der Waals surface area contributed by atoms with E-state index in [-0.39, 0.29) is 0 Å². The minimum atomic E-state index is 0.791. The molecule has 0 saturated carbocycles. The Bertz CT molecular complexity index is 1240. The number of fused-ring (bicyclic) bond motifs is 2. The zero-order chi connectivity index (χ0) is 19.9. The zero-order valence-corrected chi connectivity index (χ0v) is 16.9. The van der Waals surface area contributed by atoms with Gasteiger partial charge in [-0.15, -0.1) is 0 Å². The molecule has 0 spiro atoms. The molecule has 7 nitrogen and oxygen atoms in total. The largest absolute Gasteiger partial charge is 0.355 e. The molecule has 152 valence electrons. The van der Waals surface area contributed by atoms with Crippen molar-refractivity contribution >= 4 is 33.3 Å². The molecule has 6 rings (SSSR count). The maximum atomic E-state index is 4.96. The number of aromatic nitrogens is 5. The van der Waals surface area contributed by atoms with Crippen molar-refractivity contribution in [1.82, 2.24) is 30.5 Å². The lowest BCUT2D eigenvalue weighted by molar-refractivity contribution is 0.574. The summed E-state index contributed by atoms with van der Waals surface area (Å²) < 4.78 is 0. The van der Waals surface area contributed by atoms with E-state index < -0.39 is 0 Å². The first-order valence-corrected chi connectivity index (χ1v) is 10.8. The fourth-order valence-corrected chi connectivity index (χ4v) is 4.65. The first kappa shape index (κ1) is 17.7. The lowest BCUT2D eigenvalue weighted by Crippen LogP contribution is -2.30. The normalized spacial score (nSPS) is 17.6. The lowest BCUT2D eigenvalue weighted by Gasteiger charge is -2.27. The molecule has 1 aromatic carbocycles. The number of hydrogen-bond acceptors (Lipinski definition) is 5. The third-order valence-corrected chi connectivity index (χ3v) is 6.26. The first-order chi connectivity index (χ1) is 14.9. The monoisotopic (exact) mass is 399 g/mol. The fraction of sp³-hybridized carbons (Fsp3) is 0.348. The number of benzene rings is 1. The van der Waals surface area contributed by atoms with E-state index in [9.17, 15) is 0 Å². The van der Waals surface area contributed by atoms with E-state index in [1.165, 1.54) is 30.4 Å². The Hall–Kier alpha value is -3.19. The second kappa shape index (κ2) is 7.25. The van der Waals surface area contributed by atoms with Gasteiger partial charge < -0.3 is 15.2 Å². The SMILES string of the molecule is C1=C(c2ccc3[nH]nc(-c4nc5c(N6CCCCC6)nccc5[nH]4)c3c2)CCNC1. The molecular formula is C23H25N7. The van der Waals surface area contributed by atoms with Crippen molar-refractivity contribution in [1.29, 1.82) is 0 Å². The van der Waals surface area contributed by atoms with Gasteiger partial charge >= 0.3 is 0 Å². The summed E-state index contributed by atoms with van der Waals surface area (Å²) in [5.41, 5.74) is 6.49. The van der Waals surface area contributed by atoms with Gasteiger partial charge in [0.15, 0.2) is 11.6 Å². The van der Waals surface area contributed by atoms with Crippen molar-refractivity contribution in [3.8, 4) is 11.5 Å². The smallest absolute Gasteiger partial charge is 0.159 e. The molecule has 3 N–H and O–H groups in total. The number of rotatable bonds is 3. The Labute approximate surface area is 174 Å². The molecule has 3 aromatic heterocycles. The number of aromatic amines is 2. The highest BCUT2D eigenvalue weighted by Gasteiger charge is 2.20. The summed E-state index contributed by atoms with van der Waals surface area (Å²) in [4.78, 5) is 15.5. The van der Waals surface area contributed by atoms with Crippen molar-refractivity contribution in [2.24, 2.45) is 0 Å². The third kappa shape index (κ3) is 2.97. The van der Waals surface area contributed by atoms with E-state index in [2.05, 4.69) is 54.7 Å². The molecule has 0 aliphatic carbocycles. The van der Waals surface area contributed by atoms with Crippen molar-refractivity contribution in [3.05, 3.63) is 42.1 Å². The van der Waals surface area contributed by atoms with Crippen LogP contribution < -0.4 is 10.2 Å². The number of nitrogens with one attached hydrogen (secondary N) is 3. The molecular weight excluding hydrogens is 374 g/mol. The quantitative estimate of drug-likeness (QED) is 0.487. The molecule has 0 amide bonds. The molecule has 1 saturated heterocycles. The van der Waals surface area contributed by atoms with Crippen LogP contribution in [0.2, 0.25) is 0 Å². The number of imidazole rings is 1. The highest BCUT2D eigenvalue weighted by atomic mass is 15.2. The fourth-order valence-electron chi connectivity index (χ4n) is 4.65. The number of hydrogen-bond donors (Lipinski definition) is 3. The van der Waals surface area contributed by atoms with Crippen molar-refractivity contribution in [2.75, 3.05) is 31.1 Å². The Morgan fingerprint density at radius 2 is 1.93 bits per heavy atom. The van der Waals surface area contributed by atoms with Gasteiger partial charge in [0.1, 0.15) is 11.2 Å². The molecule has 2 aliphatic heterocycles. The van der Waals surface area contributed by atoms with Crippen LogP contribution in [0.1, 0.15) is 31.2 Å². The Kier molecular flexibility index (Phi) is 4.27. The van der Waals surface area contributed by atoms with Crippen LogP contribution in [0.15, 0.2) is 36.5 Å².